The second-order valence-corrected chi connectivity index (χ2v) is 6.79. The van der Waals surface area contributed by atoms with Crippen LogP contribution in [0.5, 0.6) is 5.75 Å². The van der Waals surface area contributed by atoms with E-state index < -0.39 is 0 Å². The van der Waals surface area contributed by atoms with Crippen molar-refractivity contribution in [2.24, 2.45) is 0 Å². The van der Waals surface area contributed by atoms with Crippen LogP contribution in [-0.2, 0) is 4.79 Å². The predicted molar refractivity (Wildman–Crippen MR) is 108 cm³/mol. The highest BCUT2D eigenvalue weighted by Gasteiger charge is 2.23. The van der Waals surface area contributed by atoms with Crippen molar-refractivity contribution in [3.63, 3.8) is 0 Å². The van der Waals surface area contributed by atoms with Gasteiger partial charge in [-0.15, -0.1) is 0 Å². The zero-order valence-corrected chi connectivity index (χ0v) is 17.0. The molecular weight excluding hydrogens is 358 g/mol. The molecule has 0 aliphatic rings. The number of rotatable bonds is 10. The summed E-state index contributed by atoms with van der Waals surface area (Å²) in [4.78, 5) is 26.9. The quantitative estimate of drug-likeness (QED) is 0.622. The van der Waals surface area contributed by atoms with E-state index in [1.54, 1.807) is 42.2 Å². The van der Waals surface area contributed by atoms with E-state index in [0.717, 1.165) is 25.0 Å². The Bertz CT molecular complexity index is 770. The van der Waals surface area contributed by atoms with Crippen LogP contribution in [0.3, 0.4) is 0 Å². The van der Waals surface area contributed by atoms with Crippen molar-refractivity contribution < 1.29 is 18.8 Å². The van der Waals surface area contributed by atoms with Crippen molar-refractivity contribution in [1.29, 1.82) is 0 Å². The van der Waals surface area contributed by atoms with Crippen LogP contribution in [0.15, 0.2) is 34.9 Å². The molecule has 2 aromatic rings. The van der Waals surface area contributed by atoms with Gasteiger partial charge in [0.2, 0.25) is 5.91 Å². The highest BCUT2D eigenvalue weighted by Crippen LogP contribution is 2.17. The molecule has 1 heterocycles. The normalized spacial score (nSPS) is 11.7. The molecule has 152 valence electrons. The van der Waals surface area contributed by atoms with Gasteiger partial charge in [-0.2, -0.15) is 0 Å². The second-order valence-electron chi connectivity index (χ2n) is 6.79. The van der Waals surface area contributed by atoms with Crippen molar-refractivity contribution in [1.82, 2.24) is 10.1 Å². The van der Waals surface area contributed by atoms with E-state index in [2.05, 4.69) is 17.4 Å². The molecule has 0 saturated carbocycles. The van der Waals surface area contributed by atoms with Gasteiger partial charge in [0, 0.05) is 17.7 Å². The van der Waals surface area contributed by atoms with Gasteiger partial charge >= 0.3 is 0 Å². The molecule has 7 nitrogen and oxygen atoms in total. The standard InChI is InChI=1S/C21H29N3O4/c1-5-7-12-27-18-10-8-17(9-11-18)21(26)24(15(3)6-2)14-20(25)22-19-13-16(4)28-23-19/h8-11,13,15H,5-7,12,14H2,1-4H3,(H,22,23,25). The predicted octanol–water partition coefficient (Wildman–Crippen LogP) is 4.04. The number of nitrogens with zero attached hydrogens (tertiary/aromatic N) is 2. The van der Waals surface area contributed by atoms with E-state index >= 15 is 0 Å². The minimum atomic E-state index is -0.318. The van der Waals surface area contributed by atoms with E-state index in [9.17, 15) is 9.59 Å². The van der Waals surface area contributed by atoms with E-state index in [4.69, 9.17) is 9.26 Å². The first kappa shape index (κ1) is 21.5. The van der Waals surface area contributed by atoms with Crippen LogP contribution >= 0.6 is 0 Å². The van der Waals surface area contributed by atoms with Gasteiger partial charge in [-0.25, -0.2) is 0 Å². The number of aromatic nitrogens is 1. The minimum absolute atomic E-state index is 0.0610. The Morgan fingerprint density at radius 1 is 1.25 bits per heavy atom. The highest BCUT2D eigenvalue weighted by molar-refractivity contribution is 5.99. The van der Waals surface area contributed by atoms with Crippen molar-refractivity contribution in [3.05, 3.63) is 41.7 Å². The molecule has 0 fully saturated rings. The molecule has 1 atom stereocenters. The van der Waals surface area contributed by atoms with Crippen molar-refractivity contribution in [2.75, 3.05) is 18.5 Å². The molecule has 0 aliphatic heterocycles. The molecule has 0 aliphatic carbocycles. The fourth-order valence-electron chi connectivity index (χ4n) is 2.60. The largest absolute Gasteiger partial charge is 0.494 e. The van der Waals surface area contributed by atoms with E-state index in [1.165, 1.54) is 0 Å². The highest BCUT2D eigenvalue weighted by atomic mass is 16.5. The third kappa shape index (κ3) is 6.11. The lowest BCUT2D eigenvalue weighted by Crippen LogP contribution is -2.43. The van der Waals surface area contributed by atoms with Gasteiger partial charge in [0.15, 0.2) is 5.82 Å². The molecule has 0 saturated heterocycles. The zero-order chi connectivity index (χ0) is 20.5. The van der Waals surface area contributed by atoms with Gasteiger partial charge in [0.05, 0.1) is 6.61 Å². The molecule has 7 heteroatoms. The Kier molecular flexibility index (Phi) is 8.04. The molecule has 0 spiro atoms. The van der Waals surface area contributed by atoms with Crippen LogP contribution in [0.4, 0.5) is 5.82 Å². The van der Waals surface area contributed by atoms with Gasteiger partial charge in [-0.05, 0) is 51.0 Å². The fourth-order valence-corrected chi connectivity index (χ4v) is 2.60. The number of ether oxygens (including phenoxy) is 1. The third-order valence-electron chi connectivity index (χ3n) is 4.46. The average molecular weight is 387 g/mol. The number of unbranched alkanes of at least 4 members (excludes halogenated alkanes) is 1. The van der Waals surface area contributed by atoms with Crippen LogP contribution in [0.2, 0.25) is 0 Å². The van der Waals surface area contributed by atoms with Crippen LogP contribution in [0, 0.1) is 6.92 Å². The number of carbonyl (C=O) groups excluding carboxylic acids is 2. The summed E-state index contributed by atoms with van der Waals surface area (Å²) in [5.41, 5.74) is 0.522. The molecule has 1 aromatic carbocycles. The molecule has 1 N–H and O–H groups in total. The molecule has 1 unspecified atom stereocenters. The third-order valence-corrected chi connectivity index (χ3v) is 4.46. The first-order chi connectivity index (χ1) is 13.4. The Morgan fingerprint density at radius 2 is 1.96 bits per heavy atom. The molecule has 2 rings (SSSR count). The molecule has 28 heavy (non-hydrogen) atoms. The van der Waals surface area contributed by atoms with E-state index in [0.29, 0.717) is 23.7 Å². The lowest BCUT2D eigenvalue weighted by Gasteiger charge is -2.28. The summed E-state index contributed by atoms with van der Waals surface area (Å²) < 4.78 is 10.6. The average Bonchev–Trinajstić information content (AvgIpc) is 3.10. The number of carbonyl (C=O) groups is 2. The summed E-state index contributed by atoms with van der Waals surface area (Å²) in [6.07, 6.45) is 2.79. The first-order valence-corrected chi connectivity index (χ1v) is 9.71. The summed E-state index contributed by atoms with van der Waals surface area (Å²) in [5, 5.41) is 6.41. The number of nitrogens with one attached hydrogen (secondary N) is 1. The number of benzene rings is 1. The second kappa shape index (κ2) is 10.5. The lowest BCUT2D eigenvalue weighted by molar-refractivity contribution is -0.117. The topological polar surface area (TPSA) is 84.7 Å². The zero-order valence-electron chi connectivity index (χ0n) is 17.0. The maximum atomic E-state index is 13.0. The summed E-state index contributed by atoms with van der Waals surface area (Å²) in [7, 11) is 0. The van der Waals surface area contributed by atoms with Gasteiger partial charge in [0.25, 0.3) is 5.91 Å². The number of hydrogen-bond donors (Lipinski definition) is 1. The number of anilines is 1. The van der Waals surface area contributed by atoms with Crippen LogP contribution in [-0.4, -0.2) is 41.1 Å². The summed E-state index contributed by atoms with van der Waals surface area (Å²) in [6, 6.07) is 8.59. The van der Waals surface area contributed by atoms with E-state index in [1.807, 2.05) is 13.8 Å². The molecule has 1 aromatic heterocycles. The minimum Gasteiger partial charge on any atom is -0.494 e. The van der Waals surface area contributed by atoms with E-state index in [-0.39, 0.29) is 24.4 Å². The number of amides is 2. The van der Waals surface area contributed by atoms with Gasteiger partial charge in [-0.3, -0.25) is 9.59 Å². The number of hydrogen-bond acceptors (Lipinski definition) is 5. The Morgan fingerprint density at radius 3 is 2.54 bits per heavy atom. The Hall–Kier alpha value is -2.83. The van der Waals surface area contributed by atoms with Gasteiger partial charge < -0.3 is 19.5 Å². The van der Waals surface area contributed by atoms with Gasteiger partial charge in [0.1, 0.15) is 18.1 Å². The number of aryl methyl sites for hydroxylation is 1. The fraction of sp³-hybridized carbons (Fsp3) is 0.476. The van der Waals surface area contributed by atoms with Gasteiger partial charge in [-0.1, -0.05) is 25.4 Å². The van der Waals surface area contributed by atoms with Crippen molar-refractivity contribution in [3.8, 4) is 5.75 Å². The van der Waals surface area contributed by atoms with Crippen LogP contribution in [0.1, 0.15) is 56.2 Å². The van der Waals surface area contributed by atoms with Crippen molar-refractivity contribution in [2.45, 2.75) is 53.0 Å². The van der Waals surface area contributed by atoms with Crippen LogP contribution < -0.4 is 10.1 Å². The maximum Gasteiger partial charge on any atom is 0.254 e. The SMILES string of the molecule is CCCCOc1ccc(C(=O)N(CC(=O)Nc2cc(C)on2)C(C)CC)cc1. The molecule has 0 radical (unpaired) electrons. The maximum absolute atomic E-state index is 13.0. The van der Waals surface area contributed by atoms with Crippen molar-refractivity contribution >= 4 is 17.6 Å². The molecule has 0 bridgehead atoms. The first-order valence-electron chi connectivity index (χ1n) is 9.71. The Balaban J connectivity index is 2.04. The molecule has 2 amide bonds. The molecular formula is C21H29N3O4. The van der Waals surface area contributed by atoms with Crippen LogP contribution in [0.25, 0.3) is 0 Å². The monoisotopic (exact) mass is 387 g/mol. The summed E-state index contributed by atoms with van der Waals surface area (Å²) >= 11 is 0. The summed E-state index contributed by atoms with van der Waals surface area (Å²) in [5.74, 6) is 1.17. The summed E-state index contributed by atoms with van der Waals surface area (Å²) in [6.45, 7) is 8.35. The smallest absolute Gasteiger partial charge is 0.254 e. The lowest BCUT2D eigenvalue weighted by atomic mass is 10.1. The Labute approximate surface area is 166 Å².